The quantitative estimate of drug-likeness (QED) is 0.320. The highest BCUT2D eigenvalue weighted by atomic mass is 28.4. The van der Waals surface area contributed by atoms with Gasteiger partial charge in [-0.15, -0.1) is 0 Å². The molecule has 33 heavy (non-hydrogen) atoms. The van der Waals surface area contributed by atoms with Gasteiger partial charge in [-0.3, -0.25) is 0 Å². The zero-order valence-corrected chi connectivity index (χ0v) is 21.0. The molecule has 0 bridgehead atoms. The average Bonchev–Trinajstić information content (AvgIpc) is 2.83. The first kappa shape index (κ1) is 25.1. The van der Waals surface area contributed by atoms with Gasteiger partial charge in [-0.1, -0.05) is 124 Å². The maximum atomic E-state index is 9.27. The number of aliphatic hydroxyl groups is 1. The lowest BCUT2D eigenvalue weighted by atomic mass is 10.2. The van der Waals surface area contributed by atoms with Gasteiger partial charge >= 0.3 is 0 Å². The standard InChI is InChI=1S/C29H36O3Si/c1-29(2,3)33(27-18-9-5-10-19-27,28-20-11-6-12-21-28)32-26(17-13-14-22-30)24-31-23-25-15-7-4-8-16-25/h4-16,18-21,26,30H,17,22-24H2,1-3H3/b14-13+/t26-/m0/s1. The fraction of sp³-hybridized carbons (Fsp3) is 0.310. The number of ether oxygens (including phenoxy) is 1. The number of aliphatic hydroxyl groups excluding tert-OH is 1. The van der Waals surface area contributed by atoms with Gasteiger partial charge in [-0.25, -0.2) is 0 Å². The highest BCUT2D eigenvalue weighted by molar-refractivity contribution is 6.99. The van der Waals surface area contributed by atoms with E-state index in [4.69, 9.17) is 9.16 Å². The van der Waals surface area contributed by atoms with Gasteiger partial charge < -0.3 is 14.3 Å². The monoisotopic (exact) mass is 460 g/mol. The van der Waals surface area contributed by atoms with Crippen molar-refractivity contribution in [3.63, 3.8) is 0 Å². The summed E-state index contributed by atoms with van der Waals surface area (Å²) in [6.07, 6.45) is 4.32. The Labute approximate surface area is 199 Å². The van der Waals surface area contributed by atoms with E-state index in [0.29, 0.717) is 19.6 Å². The molecule has 4 heteroatoms. The Kier molecular flexibility index (Phi) is 9.21. The molecule has 3 rings (SSSR count). The Hall–Kier alpha value is -2.50. The van der Waals surface area contributed by atoms with Gasteiger partial charge in [-0.2, -0.15) is 0 Å². The van der Waals surface area contributed by atoms with Crippen molar-refractivity contribution in [2.24, 2.45) is 0 Å². The molecule has 0 radical (unpaired) electrons. The molecule has 3 aromatic rings. The molecule has 0 heterocycles. The largest absolute Gasteiger partial charge is 0.402 e. The van der Waals surface area contributed by atoms with E-state index >= 15 is 0 Å². The molecule has 0 aliphatic rings. The molecule has 0 aromatic heterocycles. The Bertz CT molecular complexity index is 927. The van der Waals surface area contributed by atoms with Gasteiger partial charge in [0.25, 0.3) is 8.32 Å². The number of rotatable bonds is 11. The minimum atomic E-state index is -2.68. The second-order valence-electron chi connectivity index (χ2n) is 9.29. The maximum absolute atomic E-state index is 9.27. The smallest absolute Gasteiger partial charge is 0.261 e. The Balaban J connectivity index is 1.96. The molecule has 1 N–H and O–H groups in total. The van der Waals surface area contributed by atoms with E-state index in [1.807, 2.05) is 24.3 Å². The third-order valence-electron chi connectivity index (χ3n) is 5.85. The Morgan fingerprint density at radius 1 is 0.788 bits per heavy atom. The summed E-state index contributed by atoms with van der Waals surface area (Å²) in [5, 5.41) is 11.7. The topological polar surface area (TPSA) is 38.7 Å². The zero-order valence-electron chi connectivity index (χ0n) is 20.0. The average molecular weight is 461 g/mol. The molecule has 0 unspecified atom stereocenters. The van der Waals surface area contributed by atoms with Crippen molar-refractivity contribution in [1.29, 1.82) is 0 Å². The van der Waals surface area contributed by atoms with Crippen LogP contribution in [-0.4, -0.2) is 32.7 Å². The third kappa shape index (κ3) is 6.52. The molecule has 0 saturated carbocycles. The summed E-state index contributed by atoms with van der Waals surface area (Å²) in [4.78, 5) is 0. The van der Waals surface area contributed by atoms with Crippen molar-refractivity contribution in [2.75, 3.05) is 13.2 Å². The molecular formula is C29H36O3Si. The van der Waals surface area contributed by atoms with E-state index in [9.17, 15) is 5.11 Å². The Morgan fingerprint density at radius 3 is 1.79 bits per heavy atom. The minimum absolute atomic E-state index is 0.0246. The summed E-state index contributed by atoms with van der Waals surface area (Å²) >= 11 is 0. The van der Waals surface area contributed by atoms with Gasteiger partial charge in [0.15, 0.2) is 0 Å². The van der Waals surface area contributed by atoms with Crippen LogP contribution in [0.2, 0.25) is 5.04 Å². The van der Waals surface area contributed by atoms with Crippen molar-refractivity contribution in [2.45, 2.75) is 44.9 Å². The van der Waals surface area contributed by atoms with Gasteiger partial charge in [0, 0.05) is 0 Å². The van der Waals surface area contributed by atoms with Gasteiger partial charge in [-0.05, 0) is 27.4 Å². The first-order chi connectivity index (χ1) is 16.0. The fourth-order valence-electron chi connectivity index (χ4n) is 4.30. The summed E-state index contributed by atoms with van der Waals surface area (Å²) in [6, 6.07) is 31.5. The van der Waals surface area contributed by atoms with Crippen molar-refractivity contribution in [1.82, 2.24) is 0 Å². The van der Waals surface area contributed by atoms with Crippen molar-refractivity contribution in [3.8, 4) is 0 Å². The molecule has 0 aliphatic heterocycles. The van der Waals surface area contributed by atoms with Crippen molar-refractivity contribution in [3.05, 3.63) is 109 Å². The molecule has 3 aromatic carbocycles. The first-order valence-corrected chi connectivity index (χ1v) is 13.5. The fourth-order valence-corrected chi connectivity index (χ4v) is 8.98. The van der Waals surface area contributed by atoms with E-state index in [2.05, 4.69) is 93.6 Å². The minimum Gasteiger partial charge on any atom is -0.402 e. The van der Waals surface area contributed by atoms with Gasteiger partial charge in [0.2, 0.25) is 0 Å². The van der Waals surface area contributed by atoms with E-state index in [0.717, 1.165) is 5.56 Å². The maximum Gasteiger partial charge on any atom is 0.261 e. The second-order valence-corrected chi connectivity index (χ2v) is 13.5. The summed E-state index contributed by atoms with van der Waals surface area (Å²) in [6.45, 7) is 7.90. The van der Waals surface area contributed by atoms with Gasteiger partial charge in [0.05, 0.1) is 25.9 Å². The van der Waals surface area contributed by atoms with E-state index in [-0.39, 0.29) is 17.7 Å². The molecule has 174 valence electrons. The molecular weight excluding hydrogens is 424 g/mol. The lowest BCUT2D eigenvalue weighted by molar-refractivity contribution is 0.0377. The van der Waals surface area contributed by atoms with Crippen LogP contribution in [0.1, 0.15) is 32.8 Å². The van der Waals surface area contributed by atoms with Gasteiger partial charge in [0.1, 0.15) is 0 Å². The van der Waals surface area contributed by atoms with Crippen LogP contribution < -0.4 is 10.4 Å². The highest BCUT2D eigenvalue weighted by Gasteiger charge is 2.51. The van der Waals surface area contributed by atoms with Crippen LogP contribution >= 0.6 is 0 Å². The summed E-state index contributed by atoms with van der Waals surface area (Å²) in [7, 11) is -2.68. The van der Waals surface area contributed by atoms with Crippen molar-refractivity contribution >= 4 is 18.7 Å². The van der Waals surface area contributed by atoms with Crippen LogP contribution in [0.4, 0.5) is 0 Å². The lowest BCUT2D eigenvalue weighted by Crippen LogP contribution is -2.68. The third-order valence-corrected chi connectivity index (χ3v) is 10.9. The van der Waals surface area contributed by atoms with E-state index in [1.54, 1.807) is 6.08 Å². The zero-order chi connectivity index (χ0) is 23.6. The first-order valence-electron chi connectivity index (χ1n) is 11.6. The summed E-state index contributed by atoms with van der Waals surface area (Å²) in [5.74, 6) is 0. The van der Waals surface area contributed by atoms with Crippen LogP contribution in [0.25, 0.3) is 0 Å². The predicted octanol–water partition coefficient (Wildman–Crippen LogP) is 5.09. The normalized spacial score (nSPS) is 13.3. The second kappa shape index (κ2) is 12.1. The molecule has 3 nitrogen and oxygen atoms in total. The predicted molar refractivity (Wildman–Crippen MR) is 139 cm³/mol. The number of hydrogen-bond acceptors (Lipinski definition) is 3. The number of benzene rings is 3. The van der Waals surface area contributed by atoms with Crippen LogP contribution in [0.15, 0.2) is 103 Å². The molecule has 0 spiro atoms. The molecule has 1 atom stereocenters. The molecule has 0 aliphatic carbocycles. The van der Waals surface area contributed by atoms with Crippen LogP contribution in [0, 0.1) is 0 Å². The Morgan fingerprint density at radius 2 is 1.30 bits per heavy atom. The summed E-state index contributed by atoms with van der Waals surface area (Å²) < 4.78 is 13.4. The van der Waals surface area contributed by atoms with E-state index < -0.39 is 8.32 Å². The van der Waals surface area contributed by atoms with Crippen LogP contribution in [-0.2, 0) is 15.8 Å². The van der Waals surface area contributed by atoms with Crippen LogP contribution in [0.3, 0.4) is 0 Å². The van der Waals surface area contributed by atoms with Crippen LogP contribution in [0.5, 0.6) is 0 Å². The van der Waals surface area contributed by atoms with Crippen molar-refractivity contribution < 1.29 is 14.3 Å². The lowest BCUT2D eigenvalue weighted by Gasteiger charge is -2.45. The van der Waals surface area contributed by atoms with E-state index in [1.165, 1.54) is 10.4 Å². The molecule has 0 amide bonds. The number of hydrogen-bond donors (Lipinski definition) is 1. The highest BCUT2D eigenvalue weighted by Crippen LogP contribution is 2.38. The SMILES string of the molecule is CC(C)(C)[Si](O[C@@H](C/C=C/CO)COCc1ccccc1)(c1ccccc1)c1ccccc1. The summed E-state index contributed by atoms with van der Waals surface area (Å²) in [5.41, 5.74) is 1.15. The molecule has 0 saturated heterocycles. The molecule has 0 fully saturated rings.